The lowest BCUT2D eigenvalue weighted by atomic mass is 9.67. The van der Waals surface area contributed by atoms with Crippen LogP contribution in [0.25, 0.3) is 67.3 Å². The van der Waals surface area contributed by atoms with E-state index >= 15 is 0 Å². The van der Waals surface area contributed by atoms with E-state index in [0.29, 0.717) is 34.6 Å². The van der Waals surface area contributed by atoms with Crippen LogP contribution in [-0.2, 0) is 5.41 Å². The fraction of sp³-hybridized carbons (Fsp3) is 0.0678. The van der Waals surface area contributed by atoms with E-state index in [2.05, 4.69) is 183 Å². The van der Waals surface area contributed by atoms with Gasteiger partial charge >= 0.3 is 0 Å². The third-order valence-electron chi connectivity index (χ3n) is 13.3. The normalized spacial score (nSPS) is 16.1. The minimum atomic E-state index is -0.561. The number of para-hydroxylation sites is 1. The van der Waals surface area contributed by atoms with Gasteiger partial charge in [-0.3, -0.25) is 0 Å². The quantitative estimate of drug-likeness (QED) is 0.167. The number of fused-ring (bicyclic) bond motifs is 8. The fourth-order valence-corrected chi connectivity index (χ4v) is 11.5. The maximum absolute atomic E-state index is 7.06. The van der Waals surface area contributed by atoms with Gasteiger partial charge in [0.2, 0.25) is 0 Å². The Kier molecular flexibility index (Phi) is 8.58. The van der Waals surface area contributed by atoms with Gasteiger partial charge in [-0.1, -0.05) is 183 Å². The zero-order valence-corrected chi connectivity index (χ0v) is 36.2. The highest BCUT2D eigenvalue weighted by molar-refractivity contribution is 7.17. The van der Waals surface area contributed by atoms with Crippen LogP contribution in [0.5, 0.6) is 23.0 Å². The van der Waals surface area contributed by atoms with Gasteiger partial charge in [-0.25, -0.2) is 15.0 Å². The summed E-state index contributed by atoms with van der Waals surface area (Å²) in [7, 11) is 0. The first-order valence-electron chi connectivity index (χ1n) is 22.1. The van der Waals surface area contributed by atoms with Crippen molar-refractivity contribution in [3.8, 4) is 68.0 Å². The van der Waals surface area contributed by atoms with Crippen LogP contribution in [0, 0.1) is 5.92 Å². The Hall–Kier alpha value is -7.93. The largest absolute Gasteiger partial charge is 0.449 e. The number of hydrogen-bond acceptors (Lipinski definition) is 6. The molecule has 0 bridgehead atoms. The molecule has 0 fully saturated rings. The third-order valence-corrected chi connectivity index (χ3v) is 14.5. The summed E-state index contributed by atoms with van der Waals surface area (Å²) in [4.78, 5) is 15.6. The molecule has 0 amide bonds. The molecule has 2 aromatic heterocycles. The number of aromatic nitrogens is 3. The molecule has 13 rings (SSSR count). The topological polar surface area (TPSA) is 57.1 Å². The minimum absolute atomic E-state index is 0.0218. The van der Waals surface area contributed by atoms with Crippen molar-refractivity contribution in [3.63, 3.8) is 0 Å². The van der Waals surface area contributed by atoms with Gasteiger partial charge in [0.1, 0.15) is 5.82 Å². The molecule has 65 heavy (non-hydrogen) atoms. The van der Waals surface area contributed by atoms with Crippen molar-refractivity contribution in [3.05, 3.63) is 232 Å². The van der Waals surface area contributed by atoms with E-state index in [9.17, 15) is 0 Å². The van der Waals surface area contributed by atoms with Gasteiger partial charge in [-0.05, 0) is 85.8 Å². The highest BCUT2D eigenvalue weighted by Gasteiger charge is 2.47. The lowest BCUT2D eigenvalue weighted by Gasteiger charge is -2.34. The van der Waals surface area contributed by atoms with E-state index in [4.69, 9.17) is 24.4 Å². The van der Waals surface area contributed by atoms with Gasteiger partial charge in [0.05, 0.1) is 5.41 Å². The maximum atomic E-state index is 7.06. The third kappa shape index (κ3) is 5.94. The molecule has 5 nitrogen and oxygen atoms in total. The van der Waals surface area contributed by atoms with E-state index < -0.39 is 5.41 Å². The van der Waals surface area contributed by atoms with Crippen LogP contribution in [-0.4, -0.2) is 15.0 Å². The minimum Gasteiger partial charge on any atom is -0.449 e. The summed E-state index contributed by atoms with van der Waals surface area (Å²) >= 11 is 1.83. The van der Waals surface area contributed by atoms with Crippen molar-refractivity contribution in [2.45, 2.75) is 18.3 Å². The number of benzene rings is 8. The summed E-state index contributed by atoms with van der Waals surface area (Å²) in [5.74, 6) is 4.89. The van der Waals surface area contributed by atoms with Crippen LogP contribution in [0.1, 0.15) is 40.9 Å². The zero-order valence-electron chi connectivity index (χ0n) is 35.4. The second kappa shape index (κ2) is 14.8. The SMILES string of the molecule is CC1C=c2c(sc3ccccc23)=CC1c1nc(-c2ccccc2)nc(-c2cccc(-c3cccc4c3Oc3cc5c(cc3O4)-c3ccccc3C5(c3ccccc3)c3ccccc3)c2)n1. The highest BCUT2D eigenvalue weighted by atomic mass is 32.1. The smallest absolute Gasteiger partial charge is 0.177 e. The Bertz CT molecular complexity index is 3600. The maximum Gasteiger partial charge on any atom is 0.177 e. The van der Waals surface area contributed by atoms with Gasteiger partial charge in [0.25, 0.3) is 0 Å². The lowest BCUT2D eigenvalue weighted by Crippen LogP contribution is -2.28. The second-order valence-corrected chi connectivity index (χ2v) is 18.2. The van der Waals surface area contributed by atoms with Crippen LogP contribution >= 0.6 is 11.3 Å². The number of nitrogens with zero attached hydrogens (tertiary/aromatic N) is 3. The molecular formula is C59H39N3O2S. The molecule has 3 aliphatic rings. The Morgan fingerprint density at radius 1 is 0.477 bits per heavy atom. The molecule has 0 radical (unpaired) electrons. The molecular weight excluding hydrogens is 815 g/mol. The molecule has 2 atom stereocenters. The first kappa shape index (κ1) is 37.6. The average molecular weight is 854 g/mol. The summed E-state index contributed by atoms with van der Waals surface area (Å²) in [6.07, 6.45) is 4.75. The van der Waals surface area contributed by atoms with Crippen molar-refractivity contribution in [1.82, 2.24) is 15.0 Å². The van der Waals surface area contributed by atoms with Crippen molar-refractivity contribution in [2.75, 3.05) is 0 Å². The van der Waals surface area contributed by atoms with Gasteiger partial charge in [0, 0.05) is 31.8 Å². The molecule has 2 aliphatic carbocycles. The summed E-state index contributed by atoms with van der Waals surface area (Å²) in [5, 5.41) is 2.61. The van der Waals surface area contributed by atoms with Gasteiger partial charge in [-0.15, -0.1) is 11.3 Å². The number of rotatable bonds is 6. The molecule has 0 spiro atoms. The standard InChI is InChI=1S/C59H39N3O2S/c1-36-31-47-44-26-12-14-30-53(44)65-54(47)34-45(36)58-61-56(37-17-5-2-6-18-37)60-57(62-58)39-20-15-19-38(32-39)42-27-16-29-50-55(42)64-52-35-49-46(33-51(52)63-50)43-25-11-13-28-48(43)59(49,40-21-7-3-8-22-40)41-23-9-4-10-24-41/h2-36,45H,1H3. The second-order valence-electron chi connectivity index (χ2n) is 17.1. The van der Waals surface area contributed by atoms with E-state index in [0.717, 1.165) is 39.2 Å². The van der Waals surface area contributed by atoms with Crippen LogP contribution in [0.4, 0.5) is 0 Å². The van der Waals surface area contributed by atoms with Crippen LogP contribution in [0.2, 0.25) is 0 Å². The molecule has 10 aromatic rings. The molecule has 3 heterocycles. The molecule has 1 aliphatic heterocycles. The first-order chi connectivity index (χ1) is 32.1. The molecule has 308 valence electrons. The molecule has 2 unspecified atom stereocenters. The van der Waals surface area contributed by atoms with E-state index in [-0.39, 0.29) is 11.8 Å². The van der Waals surface area contributed by atoms with Crippen molar-refractivity contribution in [2.24, 2.45) is 5.92 Å². The van der Waals surface area contributed by atoms with Crippen molar-refractivity contribution in [1.29, 1.82) is 0 Å². The molecule has 0 saturated carbocycles. The fourth-order valence-electron chi connectivity index (χ4n) is 10.3. The lowest BCUT2D eigenvalue weighted by molar-refractivity contribution is 0.360. The Morgan fingerprint density at radius 2 is 1.11 bits per heavy atom. The van der Waals surface area contributed by atoms with Gasteiger partial charge in [0.15, 0.2) is 34.6 Å². The Morgan fingerprint density at radius 3 is 1.91 bits per heavy atom. The van der Waals surface area contributed by atoms with E-state index in [1.165, 1.54) is 42.1 Å². The summed E-state index contributed by atoms with van der Waals surface area (Å²) in [6, 6.07) is 68.1. The van der Waals surface area contributed by atoms with Crippen LogP contribution in [0.15, 0.2) is 194 Å². The highest BCUT2D eigenvalue weighted by Crippen LogP contribution is 2.60. The summed E-state index contributed by atoms with van der Waals surface area (Å²) < 4.78 is 16.4. The van der Waals surface area contributed by atoms with Crippen LogP contribution in [0.3, 0.4) is 0 Å². The summed E-state index contributed by atoms with van der Waals surface area (Å²) in [6.45, 7) is 2.26. The van der Waals surface area contributed by atoms with Crippen LogP contribution < -0.4 is 19.2 Å². The van der Waals surface area contributed by atoms with Crippen molar-refractivity contribution >= 4 is 33.6 Å². The summed E-state index contributed by atoms with van der Waals surface area (Å²) in [5.41, 5.74) is 10.3. The zero-order chi connectivity index (χ0) is 43.1. The predicted octanol–water partition coefficient (Wildman–Crippen LogP) is 13.3. The molecule has 8 aromatic carbocycles. The van der Waals surface area contributed by atoms with E-state index in [1.54, 1.807) is 0 Å². The first-order valence-corrected chi connectivity index (χ1v) is 22.9. The van der Waals surface area contributed by atoms with Gasteiger partial charge < -0.3 is 9.47 Å². The average Bonchev–Trinajstić information content (AvgIpc) is 3.87. The van der Waals surface area contributed by atoms with Crippen molar-refractivity contribution < 1.29 is 9.47 Å². The number of hydrogen-bond donors (Lipinski definition) is 0. The Balaban J connectivity index is 0.919. The molecule has 0 N–H and O–H groups in total. The molecule has 0 saturated heterocycles. The number of thiophene rings is 1. The predicted molar refractivity (Wildman–Crippen MR) is 262 cm³/mol. The van der Waals surface area contributed by atoms with E-state index in [1.807, 2.05) is 41.7 Å². The number of ether oxygens (including phenoxy) is 2. The Labute approximate surface area is 380 Å². The monoisotopic (exact) mass is 853 g/mol. The molecule has 6 heteroatoms. The van der Waals surface area contributed by atoms with Gasteiger partial charge in [-0.2, -0.15) is 0 Å².